The van der Waals surface area contributed by atoms with E-state index in [-0.39, 0.29) is 11.8 Å². The summed E-state index contributed by atoms with van der Waals surface area (Å²) in [6, 6.07) is 8.41. The van der Waals surface area contributed by atoms with Gasteiger partial charge in [0.05, 0.1) is 6.20 Å². The van der Waals surface area contributed by atoms with Crippen molar-refractivity contribution in [2.75, 3.05) is 12.4 Å². The summed E-state index contributed by atoms with van der Waals surface area (Å²) in [5, 5.41) is 13.8. The van der Waals surface area contributed by atoms with Crippen LogP contribution in [0.3, 0.4) is 0 Å². The molecule has 0 saturated carbocycles. The predicted molar refractivity (Wildman–Crippen MR) is 123 cm³/mol. The summed E-state index contributed by atoms with van der Waals surface area (Å²) in [4.78, 5) is 4.61. The Labute approximate surface area is 183 Å². The van der Waals surface area contributed by atoms with E-state index in [4.69, 9.17) is 0 Å². The van der Waals surface area contributed by atoms with Gasteiger partial charge >= 0.3 is 5.85 Å². The molecule has 0 aliphatic heterocycles. The van der Waals surface area contributed by atoms with E-state index in [0.29, 0.717) is 11.7 Å². The number of aromatic nitrogens is 3. The van der Waals surface area contributed by atoms with Gasteiger partial charge in [-0.2, -0.15) is 13.9 Å². The van der Waals surface area contributed by atoms with Crippen molar-refractivity contribution in [3.8, 4) is 16.9 Å². The van der Waals surface area contributed by atoms with Gasteiger partial charge in [-0.1, -0.05) is 26.7 Å². The van der Waals surface area contributed by atoms with Gasteiger partial charge in [0.2, 0.25) is 0 Å². The molecule has 0 saturated heterocycles. The minimum Gasteiger partial charge on any atom is -0.430 e. The molecule has 166 valence electrons. The Balaban J connectivity index is 2.01. The molecular weight excluding hydrogens is 419 g/mol. The maximum Gasteiger partial charge on any atom is 0.408 e. The maximum atomic E-state index is 13.1. The molecule has 3 rings (SSSR count). The molecule has 2 atom stereocenters. The fourth-order valence-corrected chi connectivity index (χ4v) is 3.95. The smallest absolute Gasteiger partial charge is 0.408 e. The highest BCUT2D eigenvalue weighted by Crippen LogP contribution is 2.39. The SMILES string of the molecule is CCC(CC)C(NC)c1c(-c2cn[nH]c2)ccnc1Nc1ccc(OC(F)(F)P)cc1. The second kappa shape index (κ2) is 10.2. The molecule has 3 N–H and O–H groups in total. The molecule has 1 aromatic carbocycles. The zero-order valence-corrected chi connectivity index (χ0v) is 19.0. The van der Waals surface area contributed by atoms with Crippen LogP contribution in [0.1, 0.15) is 38.3 Å². The number of benzene rings is 1. The molecule has 2 heterocycles. The van der Waals surface area contributed by atoms with Crippen molar-refractivity contribution in [2.24, 2.45) is 5.92 Å². The third-order valence-electron chi connectivity index (χ3n) is 5.31. The summed E-state index contributed by atoms with van der Waals surface area (Å²) in [7, 11) is 3.32. The van der Waals surface area contributed by atoms with Crippen molar-refractivity contribution in [3.63, 3.8) is 0 Å². The van der Waals surface area contributed by atoms with Crippen molar-refractivity contribution < 1.29 is 13.5 Å². The van der Waals surface area contributed by atoms with E-state index in [1.165, 1.54) is 21.4 Å². The van der Waals surface area contributed by atoms with Gasteiger partial charge in [0.25, 0.3) is 0 Å². The van der Waals surface area contributed by atoms with Gasteiger partial charge in [0, 0.05) is 35.2 Å². The van der Waals surface area contributed by atoms with Crippen molar-refractivity contribution in [1.82, 2.24) is 20.5 Å². The minimum atomic E-state index is -3.31. The van der Waals surface area contributed by atoms with Crippen LogP contribution in [0.25, 0.3) is 11.1 Å². The van der Waals surface area contributed by atoms with Crippen LogP contribution in [0.5, 0.6) is 5.75 Å². The Kier molecular flexibility index (Phi) is 7.57. The fraction of sp³-hybridized carbons (Fsp3) is 0.364. The molecular formula is C22H28F2N5OP. The highest BCUT2D eigenvalue weighted by molar-refractivity contribution is 7.17. The zero-order chi connectivity index (χ0) is 22.4. The van der Waals surface area contributed by atoms with E-state index in [2.05, 4.69) is 44.4 Å². The number of hydrogen-bond donors (Lipinski definition) is 3. The van der Waals surface area contributed by atoms with Gasteiger partial charge in [-0.15, -0.1) is 0 Å². The fourth-order valence-electron chi connectivity index (χ4n) is 3.81. The van der Waals surface area contributed by atoms with Crippen molar-refractivity contribution in [2.45, 2.75) is 38.6 Å². The van der Waals surface area contributed by atoms with Gasteiger partial charge in [-0.3, -0.25) is 5.10 Å². The summed E-state index contributed by atoms with van der Waals surface area (Å²) < 4.78 is 30.7. The molecule has 0 aliphatic carbocycles. The number of ether oxygens (including phenoxy) is 1. The summed E-state index contributed by atoms with van der Waals surface area (Å²) in [5.41, 5.74) is 3.76. The molecule has 6 nitrogen and oxygen atoms in total. The Bertz CT molecular complexity index is 957. The highest BCUT2D eigenvalue weighted by atomic mass is 31.0. The normalized spacial score (nSPS) is 12.7. The van der Waals surface area contributed by atoms with Crippen LogP contribution in [0.4, 0.5) is 20.3 Å². The molecule has 2 unspecified atom stereocenters. The zero-order valence-electron chi connectivity index (χ0n) is 17.8. The predicted octanol–water partition coefficient (Wildman–Crippen LogP) is 5.72. The summed E-state index contributed by atoms with van der Waals surface area (Å²) in [6.07, 6.45) is 7.42. The summed E-state index contributed by atoms with van der Waals surface area (Å²) in [6.45, 7) is 4.36. The monoisotopic (exact) mass is 447 g/mol. The van der Waals surface area contributed by atoms with Crippen molar-refractivity contribution in [1.29, 1.82) is 0 Å². The van der Waals surface area contributed by atoms with Crippen LogP contribution in [0.15, 0.2) is 48.9 Å². The van der Waals surface area contributed by atoms with Gasteiger partial charge in [0.15, 0.2) is 0 Å². The molecule has 0 spiro atoms. The second-order valence-corrected chi connectivity index (χ2v) is 7.94. The standard InChI is InChI=1S/C22H28F2N5OP/c1-4-14(5-2)20(25-3)19-18(15-12-27-28-13-15)10-11-26-21(19)29-16-6-8-17(9-7-16)30-22(23,24)31/h6-14,20,25H,4-5,31H2,1-3H3,(H,26,29)(H,27,28). The Morgan fingerprint density at radius 1 is 1.16 bits per heavy atom. The number of H-pyrrole nitrogens is 1. The Morgan fingerprint density at radius 2 is 1.87 bits per heavy atom. The van der Waals surface area contributed by atoms with Crippen molar-refractivity contribution >= 4 is 20.7 Å². The third-order valence-corrected chi connectivity index (χ3v) is 5.43. The molecule has 0 radical (unpaired) electrons. The van der Waals surface area contributed by atoms with Crippen LogP contribution in [0, 0.1) is 5.92 Å². The molecule has 9 heteroatoms. The molecule has 31 heavy (non-hydrogen) atoms. The number of hydrogen-bond acceptors (Lipinski definition) is 5. The first-order valence-electron chi connectivity index (χ1n) is 10.2. The Hall–Kier alpha value is -2.57. The largest absolute Gasteiger partial charge is 0.430 e. The number of anilines is 2. The molecule has 2 aromatic heterocycles. The van der Waals surface area contributed by atoms with Crippen LogP contribution < -0.4 is 15.4 Å². The van der Waals surface area contributed by atoms with Gasteiger partial charge in [-0.05, 0) is 58.1 Å². The van der Waals surface area contributed by atoms with Crippen LogP contribution in [-0.2, 0) is 0 Å². The quantitative estimate of drug-likeness (QED) is 0.347. The molecule has 0 bridgehead atoms. The van der Waals surface area contributed by atoms with Gasteiger partial charge < -0.3 is 15.4 Å². The maximum absolute atomic E-state index is 13.1. The number of alkyl halides is 2. The van der Waals surface area contributed by atoms with Gasteiger partial charge in [0.1, 0.15) is 11.6 Å². The number of nitrogens with zero attached hydrogens (tertiary/aromatic N) is 2. The summed E-state index contributed by atoms with van der Waals surface area (Å²) >= 11 is 0. The molecule has 0 aliphatic rings. The van der Waals surface area contributed by atoms with Crippen LogP contribution in [0.2, 0.25) is 0 Å². The molecule has 0 amide bonds. The number of nitrogens with one attached hydrogen (secondary N) is 3. The summed E-state index contributed by atoms with van der Waals surface area (Å²) in [5.74, 6) is -2.12. The van der Waals surface area contributed by atoms with Gasteiger partial charge in [-0.25, -0.2) is 4.98 Å². The lowest BCUT2D eigenvalue weighted by Gasteiger charge is -2.29. The average Bonchev–Trinajstić information content (AvgIpc) is 3.27. The number of aromatic amines is 1. The topological polar surface area (TPSA) is 74.9 Å². The lowest BCUT2D eigenvalue weighted by molar-refractivity contribution is -0.0892. The van der Waals surface area contributed by atoms with E-state index in [0.717, 1.165) is 35.2 Å². The molecule has 0 fully saturated rings. The van der Waals surface area contributed by atoms with Crippen molar-refractivity contribution in [3.05, 3.63) is 54.5 Å². The van der Waals surface area contributed by atoms with E-state index < -0.39 is 5.85 Å². The van der Waals surface area contributed by atoms with E-state index in [9.17, 15) is 8.78 Å². The lowest BCUT2D eigenvalue weighted by Crippen LogP contribution is -2.26. The van der Waals surface area contributed by atoms with Crippen LogP contribution >= 0.6 is 9.24 Å². The average molecular weight is 447 g/mol. The second-order valence-electron chi connectivity index (χ2n) is 7.26. The number of pyridine rings is 1. The third kappa shape index (κ3) is 5.77. The van der Waals surface area contributed by atoms with E-state index >= 15 is 0 Å². The highest BCUT2D eigenvalue weighted by Gasteiger charge is 2.26. The molecule has 3 aromatic rings. The first-order chi connectivity index (χ1) is 14.9. The van der Waals surface area contributed by atoms with Crippen LogP contribution in [-0.4, -0.2) is 28.1 Å². The minimum absolute atomic E-state index is 0.0644. The Morgan fingerprint density at radius 3 is 2.42 bits per heavy atom. The first-order valence-corrected chi connectivity index (χ1v) is 10.8. The number of rotatable bonds is 10. The van der Waals surface area contributed by atoms with E-state index in [1.807, 2.05) is 19.3 Å². The first kappa shape index (κ1) is 23.1. The van der Waals surface area contributed by atoms with E-state index in [1.54, 1.807) is 24.5 Å². The lowest BCUT2D eigenvalue weighted by atomic mass is 9.85. The number of halogens is 2.